The van der Waals surface area contributed by atoms with E-state index < -0.39 is 0 Å². The van der Waals surface area contributed by atoms with Crippen LogP contribution in [0.5, 0.6) is 0 Å². The van der Waals surface area contributed by atoms with Crippen molar-refractivity contribution in [1.82, 2.24) is 5.32 Å². The number of hydrogen-bond donors (Lipinski definition) is 2. The molecule has 1 aliphatic heterocycles. The largest absolute Gasteiger partial charge is 0.378 e. The summed E-state index contributed by atoms with van der Waals surface area (Å²) in [6, 6.07) is 0. The van der Waals surface area contributed by atoms with Gasteiger partial charge in [-0.1, -0.05) is 13.8 Å². The van der Waals surface area contributed by atoms with E-state index in [-0.39, 0.29) is 23.5 Å². The summed E-state index contributed by atoms with van der Waals surface area (Å²) in [6.07, 6.45) is 2.61. The number of ether oxygens (including phenoxy) is 1. The predicted molar refractivity (Wildman–Crippen MR) is 64.0 cm³/mol. The van der Waals surface area contributed by atoms with Crippen LogP contribution >= 0.6 is 0 Å². The SMILES string of the molecule is CCC(N)(CC)CNC(=O)C1CCOC1C. The molecule has 0 saturated carbocycles. The lowest BCUT2D eigenvalue weighted by Gasteiger charge is -2.27. The second kappa shape index (κ2) is 5.64. The maximum absolute atomic E-state index is 11.9. The van der Waals surface area contributed by atoms with Crippen LogP contribution in [0.25, 0.3) is 0 Å². The predicted octanol–water partition coefficient (Wildman–Crippen LogP) is 1.05. The van der Waals surface area contributed by atoms with Crippen molar-refractivity contribution < 1.29 is 9.53 Å². The van der Waals surface area contributed by atoms with Gasteiger partial charge in [-0.2, -0.15) is 0 Å². The van der Waals surface area contributed by atoms with Gasteiger partial charge in [-0.15, -0.1) is 0 Å². The number of carbonyl (C=O) groups is 1. The zero-order valence-electron chi connectivity index (χ0n) is 10.6. The van der Waals surface area contributed by atoms with E-state index in [1.165, 1.54) is 0 Å². The van der Waals surface area contributed by atoms with E-state index in [1.54, 1.807) is 0 Å². The van der Waals surface area contributed by atoms with E-state index in [2.05, 4.69) is 19.2 Å². The van der Waals surface area contributed by atoms with Gasteiger partial charge in [-0.05, 0) is 26.2 Å². The smallest absolute Gasteiger partial charge is 0.225 e. The third kappa shape index (κ3) is 3.19. The Labute approximate surface area is 97.9 Å². The van der Waals surface area contributed by atoms with Crippen LogP contribution in [0.15, 0.2) is 0 Å². The van der Waals surface area contributed by atoms with Crippen LogP contribution in [-0.2, 0) is 9.53 Å². The number of nitrogens with one attached hydrogen (secondary N) is 1. The van der Waals surface area contributed by atoms with Gasteiger partial charge in [0, 0.05) is 18.7 Å². The molecule has 1 heterocycles. The molecule has 1 fully saturated rings. The molecule has 1 saturated heterocycles. The molecule has 0 aromatic carbocycles. The number of amides is 1. The Morgan fingerprint density at radius 2 is 2.12 bits per heavy atom. The number of carbonyl (C=O) groups excluding carboxylic acids is 1. The molecule has 0 aromatic rings. The first kappa shape index (κ1) is 13.5. The van der Waals surface area contributed by atoms with E-state index >= 15 is 0 Å². The quantitative estimate of drug-likeness (QED) is 0.739. The Bertz CT molecular complexity index is 239. The summed E-state index contributed by atoms with van der Waals surface area (Å²) in [6.45, 7) is 7.30. The molecule has 1 aliphatic rings. The van der Waals surface area contributed by atoms with Crippen LogP contribution < -0.4 is 11.1 Å². The minimum absolute atomic E-state index is 0.00189. The van der Waals surface area contributed by atoms with Crippen molar-refractivity contribution in [3.63, 3.8) is 0 Å². The topological polar surface area (TPSA) is 64.3 Å². The third-order valence-electron chi connectivity index (χ3n) is 3.74. The fourth-order valence-corrected chi connectivity index (χ4v) is 1.97. The van der Waals surface area contributed by atoms with Crippen LogP contribution in [0.3, 0.4) is 0 Å². The van der Waals surface area contributed by atoms with Crippen LogP contribution in [0.2, 0.25) is 0 Å². The summed E-state index contributed by atoms with van der Waals surface area (Å²) in [7, 11) is 0. The first-order valence-corrected chi connectivity index (χ1v) is 6.20. The molecule has 3 N–H and O–H groups in total. The van der Waals surface area contributed by atoms with Gasteiger partial charge in [0.15, 0.2) is 0 Å². The Morgan fingerprint density at radius 1 is 1.50 bits per heavy atom. The van der Waals surface area contributed by atoms with Gasteiger partial charge >= 0.3 is 0 Å². The van der Waals surface area contributed by atoms with Gasteiger partial charge in [-0.3, -0.25) is 4.79 Å². The highest BCUT2D eigenvalue weighted by Gasteiger charge is 2.31. The summed E-state index contributed by atoms with van der Waals surface area (Å²) < 4.78 is 5.38. The van der Waals surface area contributed by atoms with Crippen molar-refractivity contribution >= 4 is 5.91 Å². The molecule has 2 atom stereocenters. The van der Waals surface area contributed by atoms with Crippen molar-refractivity contribution in [3.05, 3.63) is 0 Å². The summed E-state index contributed by atoms with van der Waals surface area (Å²) >= 11 is 0. The maximum atomic E-state index is 11.9. The Kier molecular flexibility index (Phi) is 4.74. The molecule has 0 bridgehead atoms. The van der Waals surface area contributed by atoms with Gasteiger partial charge in [-0.25, -0.2) is 0 Å². The average Bonchev–Trinajstić information content (AvgIpc) is 2.72. The lowest BCUT2D eigenvalue weighted by Crippen LogP contribution is -2.50. The molecule has 0 radical (unpaired) electrons. The second-order valence-corrected chi connectivity index (χ2v) is 4.76. The highest BCUT2D eigenvalue weighted by atomic mass is 16.5. The molecule has 1 rings (SSSR count). The van der Waals surface area contributed by atoms with E-state index in [9.17, 15) is 4.79 Å². The first-order chi connectivity index (χ1) is 7.52. The highest BCUT2D eigenvalue weighted by molar-refractivity contribution is 5.79. The van der Waals surface area contributed by atoms with Crippen LogP contribution in [0.1, 0.15) is 40.0 Å². The molecule has 2 unspecified atom stereocenters. The van der Waals surface area contributed by atoms with Gasteiger partial charge in [0.05, 0.1) is 12.0 Å². The van der Waals surface area contributed by atoms with E-state index in [0.717, 1.165) is 19.3 Å². The van der Waals surface area contributed by atoms with E-state index in [1.807, 2.05) is 6.92 Å². The van der Waals surface area contributed by atoms with Crippen LogP contribution in [0, 0.1) is 5.92 Å². The molecule has 0 aromatic heterocycles. The van der Waals surface area contributed by atoms with Crippen molar-refractivity contribution in [3.8, 4) is 0 Å². The Balaban J connectivity index is 2.40. The summed E-state index contributed by atoms with van der Waals surface area (Å²) in [5.41, 5.74) is 5.87. The zero-order valence-corrected chi connectivity index (χ0v) is 10.6. The summed E-state index contributed by atoms with van der Waals surface area (Å²) in [4.78, 5) is 11.9. The minimum Gasteiger partial charge on any atom is -0.378 e. The van der Waals surface area contributed by atoms with Gasteiger partial charge in [0.1, 0.15) is 0 Å². The highest BCUT2D eigenvalue weighted by Crippen LogP contribution is 2.20. The van der Waals surface area contributed by atoms with Crippen LogP contribution in [-0.4, -0.2) is 30.7 Å². The van der Waals surface area contributed by atoms with Crippen molar-refractivity contribution in [1.29, 1.82) is 0 Å². The molecule has 4 nitrogen and oxygen atoms in total. The third-order valence-corrected chi connectivity index (χ3v) is 3.74. The van der Waals surface area contributed by atoms with E-state index in [0.29, 0.717) is 13.2 Å². The molecule has 0 spiro atoms. The standard InChI is InChI=1S/C12H24N2O2/c1-4-12(13,5-2)8-14-11(15)10-6-7-16-9(10)3/h9-10H,4-8,13H2,1-3H3,(H,14,15). The summed E-state index contributed by atoms with van der Waals surface area (Å²) in [5.74, 6) is 0.0830. The zero-order chi connectivity index (χ0) is 12.2. The van der Waals surface area contributed by atoms with Crippen molar-refractivity contribution in [2.45, 2.75) is 51.7 Å². The number of nitrogens with two attached hydrogens (primary N) is 1. The molecule has 94 valence electrons. The van der Waals surface area contributed by atoms with Crippen LogP contribution in [0.4, 0.5) is 0 Å². The normalized spacial score (nSPS) is 25.8. The number of hydrogen-bond acceptors (Lipinski definition) is 3. The minimum atomic E-state index is -0.266. The lowest BCUT2D eigenvalue weighted by atomic mass is 9.93. The Hall–Kier alpha value is -0.610. The van der Waals surface area contributed by atoms with Gasteiger partial charge < -0.3 is 15.8 Å². The fraction of sp³-hybridized carbons (Fsp3) is 0.917. The molecule has 4 heteroatoms. The summed E-state index contributed by atoms with van der Waals surface area (Å²) in [5, 5.41) is 2.95. The van der Waals surface area contributed by atoms with Crippen molar-refractivity contribution in [2.75, 3.05) is 13.2 Å². The lowest BCUT2D eigenvalue weighted by molar-refractivity contribution is -0.126. The molecular weight excluding hydrogens is 204 g/mol. The first-order valence-electron chi connectivity index (χ1n) is 6.20. The monoisotopic (exact) mass is 228 g/mol. The average molecular weight is 228 g/mol. The fourth-order valence-electron chi connectivity index (χ4n) is 1.97. The van der Waals surface area contributed by atoms with Gasteiger partial charge in [0.2, 0.25) is 5.91 Å². The Morgan fingerprint density at radius 3 is 2.56 bits per heavy atom. The second-order valence-electron chi connectivity index (χ2n) is 4.76. The van der Waals surface area contributed by atoms with E-state index in [4.69, 9.17) is 10.5 Å². The van der Waals surface area contributed by atoms with Gasteiger partial charge in [0.25, 0.3) is 0 Å². The molecule has 16 heavy (non-hydrogen) atoms. The molecule has 0 aliphatic carbocycles. The maximum Gasteiger partial charge on any atom is 0.225 e. The molecular formula is C12H24N2O2. The van der Waals surface area contributed by atoms with Crippen molar-refractivity contribution in [2.24, 2.45) is 11.7 Å². The molecule has 1 amide bonds. The number of rotatable bonds is 5.